The summed E-state index contributed by atoms with van der Waals surface area (Å²) in [7, 11) is 1.72. The van der Waals surface area contributed by atoms with Gasteiger partial charge in [0, 0.05) is 62.3 Å². The molecule has 3 N–H and O–H groups in total. The number of pyridine rings is 2. The summed E-state index contributed by atoms with van der Waals surface area (Å²) in [5.41, 5.74) is 1.17. The Morgan fingerprint density at radius 1 is 1.08 bits per heavy atom. The molecule has 1 aliphatic carbocycles. The van der Waals surface area contributed by atoms with E-state index in [0.29, 0.717) is 55.4 Å². The van der Waals surface area contributed by atoms with Crippen LogP contribution in [0.3, 0.4) is 0 Å². The average molecular weight is 504 g/mol. The number of nitrogens with zero attached hydrogens (tertiary/aromatic N) is 2. The summed E-state index contributed by atoms with van der Waals surface area (Å²) < 4.78 is 39.9. The first-order valence-corrected chi connectivity index (χ1v) is 13.0. The molecule has 0 aromatic carbocycles. The topological polar surface area (TPSA) is 80.3 Å². The number of methoxy groups -OCH3 is 1. The van der Waals surface area contributed by atoms with Crippen LogP contribution < -0.4 is 16.0 Å². The van der Waals surface area contributed by atoms with Crippen LogP contribution in [0, 0.1) is 17.2 Å². The van der Waals surface area contributed by atoms with Crippen LogP contribution in [0.4, 0.5) is 20.3 Å². The van der Waals surface area contributed by atoms with Gasteiger partial charge in [-0.3, -0.25) is 0 Å². The van der Waals surface area contributed by atoms with E-state index in [4.69, 9.17) is 9.47 Å². The summed E-state index contributed by atoms with van der Waals surface area (Å²) >= 11 is 0. The lowest BCUT2D eigenvalue weighted by molar-refractivity contribution is 0.0300. The second-order valence-corrected chi connectivity index (χ2v) is 10.6. The summed E-state index contributed by atoms with van der Waals surface area (Å²) in [6.07, 6.45) is 8.53. The fourth-order valence-corrected chi connectivity index (χ4v) is 5.12. The van der Waals surface area contributed by atoms with Gasteiger partial charge in [0.2, 0.25) is 5.95 Å². The third-order valence-corrected chi connectivity index (χ3v) is 7.43. The molecule has 1 saturated heterocycles. The van der Waals surface area contributed by atoms with Crippen LogP contribution in [0.15, 0.2) is 24.5 Å². The van der Waals surface area contributed by atoms with Crippen LogP contribution in [0.25, 0.3) is 11.1 Å². The van der Waals surface area contributed by atoms with Gasteiger partial charge in [0.15, 0.2) is 0 Å². The van der Waals surface area contributed by atoms with E-state index in [2.05, 4.69) is 39.8 Å². The molecule has 7 nitrogen and oxygen atoms in total. The first kappa shape index (κ1) is 26.7. The number of anilines is 2. The van der Waals surface area contributed by atoms with Crippen LogP contribution in [-0.2, 0) is 9.47 Å². The maximum absolute atomic E-state index is 14.8. The normalized spacial score (nSPS) is 22.7. The first-order chi connectivity index (χ1) is 17.3. The quantitative estimate of drug-likeness (QED) is 0.394. The summed E-state index contributed by atoms with van der Waals surface area (Å²) in [5, 5.41) is 10.3. The second-order valence-electron chi connectivity index (χ2n) is 10.6. The molecule has 2 fully saturated rings. The minimum Gasteiger partial charge on any atom is -0.383 e. The van der Waals surface area contributed by atoms with Crippen molar-refractivity contribution >= 4 is 11.5 Å². The van der Waals surface area contributed by atoms with Gasteiger partial charge in [-0.2, -0.15) is 4.39 Å². The Kier molecular flexibility index (Phi) is 9.09. The fourth-order valence-electron chi connectivity index (χ4n) is 5.12. The fraction of sp³-hybridized carbons (Fsp3) is 0.630. The third-order valence-electron chi connectivity index (χ3n) is 7.43. The van der Waals surface area contributed by atoms with Crippen molar-refractivity contribution in [2.24, 2.45) is 5.41 Å². The molecule has 198 valence electrons. The van der Waals surface area contributed by atoms with Gasteiger partial charge in [-0.25, -0.2) is 14.4 Å². The Hall–Kier alpha value is -2.36. The zero-order chi connectivity index (χ0) is 25.5. The van der Waals surface area contributed by atoms with Gasteiger partial charge < -0.3 is 25.4 Å². The molecule has 2 aliphatic rings. The van der Waals surface area contributed by atoms with Gasteiger partial charge in [-0.1, -0.05) is 6.92 Å². The Bertz CT molecular complexity index is 994. The Labute approximate surface area is 212 Å². The maximum Gasteiger partial charge on any atom is 0.236 e. The van der Waals surface area contributed by atoms with Gasteiger partial charge in [0.05, 0.1) is 18.5 Å². The van der Waals surface area contributed by atoms with Gasteiger partial charge in [-0.05, 0) is 63.0 Å². The van der Waals surface area contributed by atoms with E-state index in [-0.39, 0.29) is 17.1 Å². The molecule has 0 unspecified atom stereocenters. The molecule has 9 heteroatoms. The maximum atomic E-state index is 14.8. The predicted molar refractivity (Wildman–Crippen MR) is 138 cm³/mol. The Balaban J connectivity index is 1.39. The van der Waals surface area contributed by atoms with E-state index < -0.39 is 11.8 Å². The number of halogens is 2. The van der Waals surface area contributed by atoms with Crippen molar-refractivity contribution in [1.29, 1.82) is 0 Å². The van der Waals surface area contributed by atoms with E-state index in [1.807, 2.05) is 0 Å². The molecule has 1 saturated carbocycles. The molecule has 1 aliphatic heterocycles. The van der Waals surface area contributed by atoms with Crippen LogP contribution >= 0.6 is 0 Å². The molecular weight excluding hydrogens is 464 g/mol. The average Bonchev–Trinajstić information content (AvgIpc) is 2.87. The SMILES string of the molecule is COC[C@H](C)N[C@H]1CC[C@H](Nc2cc(-c3cnc(F)c(NCC4(C)CCOCC4)c3)c(F)cn2)CC1. The molecule has 0 spiro atoms. The molecule has 2 aromatic heterocycles. The monoisotopic (exact) mass is 503 g/mol. The lowest BCUT2D eigenvalue weighted by Gasteiger charge is -2.33. The number of aromatic nitrogens is 2. The van der Waals surface area contributed by atoms with Crippen molar-refractivity contribution < 1.29 is 18.3 Å². The van der Waals surface area contributed by atoms with E-state index in [1.54, 1.807) is 19.2 Å². The molecule has 4 rings (SSSR count). The van der Waals surface area contributed by atoms with E-state index in [1.165, 1.54) is 12.4 Å². The summed E-state index contributed by atoms with van der Waals surface area (Å²) in [5.74, 6) is -0.437. The molecule has 0 radical (unpaired) electrons. The number of ether oxygens (including phenoxy) is 2. The van der Waals surface area contributed by atoms with Gasteiger partial charge in [0.1, 0.15) is 11.6 Å². The van der Waals surface area contributed by atoms with E-state index >= 15 is 0 Å². The van der Waals surface area contributed by atoms with Crippen molar-refractivity contribution in [2.45, 2.75) is 70.5 Å². The van der Waals surface area contributed by atoms with Crippen LogP contribution in [-0.4, -0.2) is 61.6 Å². The highest BCUT2D eigenvalue weighted by atomic mass is 19.1. The first-order valence-electron chi connectivity index (χ1n) is 13.0. The number of rotatable bonds is 10. The highest BCUT2D eigenvalue weighted by molar-refractivity contribution is 5.69. The molecule has 1 atom stereocenters. The number of hydrogen-bond acceptors (Lipinski definition) is 7. The molecular formula is C27H39F2N5O2. The highest BCUT2D eigenvalue weighted by Gasteiger charge is 2.28. The molecule has 3 heterocycles. The lowest BCUT2D eigenvalue weighted by atomic mass is 9.82. The predicted octanol–water partition coefficient (Wildman–Crippen LogP) is 5.00. The van der Waals surface area contributed by atoms with Gasteiger partial charge >= 0.3 is 0 Å². The van der Waals surface area contributed by atoms with Crippen molar-refractivity contribution in [3.05, 3.63) is 36.3 Å². The standard InChI is InChI=1S/C27H39F2N5O2/c1-18(16-35-3)33-20-4-6-21(7-5-20)34-25-13-22(23(28)15-30-25)19-12-24(26(29)31-14-19)32-17-27(2)8-10-36-11-9-27/h12-15,18,20-21,32-33H,4-11,16-17H2,1-3H3,(H,30,34)/t18-,20-,21-/m0/s1. The number of hydrogen-bond donors (Lipinski definition) is 3. The molecule has 0 bridgehead atoms. The molecule has 0 amide bonds. The zero-order valence-electron chi connectivity index (χ0n) is 21.6. The smallest absolute Gasteiger partial charge is 0.236 e. The zero-order valence-corrected chi connectivity index (χ0v) is 21.6. The molecule has 2 aromatic rings. The summed E-state index contributed by atoms with van der Waals surface area (Å²) in [4.78, 5) is 8.15. The van der Waals surface area contributed by atoms with E-state index in [9.17, 15) is 8.78 Å². The minimum atomic E-state index is -0.590. The minimum absolute atomic E-state index is 0.0239. The van der Waals surface area contributed by atoms with E-state index in [0.717, 1.165) is 38.5 Å². The van der Waals surface area contributed by atoms with Crippen molar-refractivity contribution in [3.8, 4) is 11.1 Å². The second kappa shape index (κ2) is 12.3. The Morgan fingerprint density at radius 2 is 1.81 bits per heavy atom. The van der Waals surface area contributed by atoms with Crippen molar-refractivity contribution in [2.75, 3.05) is 44.1 Å². The summed E-state index contributed by atoms with van der Waals surface area (Å²) in [6, 6.07) is 4.40. The number of nitrogens with one attached hydrogen (secondary N) is 3. The van der Waals surface area contributed by atoms with Crippen LogP contribution in [0.1, 0.15) is 52.4 Å². The van der Waals surface area contributed by atoms with Gasteiger partial charge in [-0.15, -0.1) is 0 Å². The van der Waals surface area contributed by atoms with Crippen LogP contribution in [0.5, 0.6) is 0 Å². The largest absolute Gasteiger partial charge is 0.383 e. The van der Waals surface area contributed by atoms with Crippen molar-refractivity contribution in [1.82, 2.24) is 15.3 Å². The Morgan fingerprint density at radius 3 is 2.53 bits per heavy atom. The van der Waals surface area contributed by atoms with Crippen molar-refractivity contribution in [3.63, 3.8) is 0 Å². The van der Waals surface area contributed by atoms with Gasteiger partial charge in [0.25, 0.3) is 0 Å². The highest BCUT2D eigenvalue weighted by Crippen LogP contribution is 2.32. The van der Waals surface area contributed by atoms with Crippen LogP contribution in [0.2, 0.25) is 0 Å². The molecule has 36 heavy (non-hydrogen) atoms. The lowest BCUT2D eigenvalue weighted by Crippen LogP contribution is -2.42. The summed E-state index contributed by atoms with van der Waals surface area (Å²) in [6.45, 7) is 7.02. The third kappa shape index (κ3) is 7.11.